The van der Waals surface area contributed by atoms with Gasteiger partial charge in [-0.2, -0.15) is 0 Å². The molecule has 29 heavy (non-hydrogen) atoms. The van der Waals surface area contributed by atoms with E-state index in [4.69, 9.17) is 4.74 Å². The lowest BCUT2D eigenvalue weighted by Crippen LogP contribution is -2.41. The van der Waals surface area contributed by atoms with Crippen LogP contribution in [-0.4, -0.2) is 67.6 Å². The van der Waals surface area contributed by atoms with Gasteiger partial charge in [0.2, 0.25) is 0 Å². The highest BCUT2D eigenvalue weighted by atomic mass is 16.5. The van der Waals surface area contributed by atoms with E-state index in [9.17, 15) is 9.59 Å². The Bertz CT molecular complexity index is 877. The van der Waals surface area contributed by atoms with Gasteiger partial charge in [-0.1, -0.05) is 30.3 Å². The van der Waals surface area contributed by atoms with Gasteiger partial charge in [-0.15, -0.1) is 0 Å². The van der Waals surface area contributed by atoms with Crippen molar-refractivity contribution in [1.29, 1.82) is 0 Å². The molecule has 0 atom stereocenters. The molecule has 0 radical (unpaired) electrons. The van der Waals surface area contributed by atoms with Crippen molar-refractivity contribution in [2.75, 3.05) is 45.9 Å². The van der Waals surface area contributed by atoms with E-state index in [2.05, 4.69) is 22.3 Å². The highest BCUT2D eigenvalue weighted by Gasteiger charge is 2.22. The van der Waals surface area contributed by atoms with Crippen molar-refractivity contribution in [3.8, 4) is 0 Å². The van der Waals surface area contributed by atoms with E-state index in [1.807, 2.05) is 17.0 Å². The normalized spacial score (nSPS) is 16.9. The molecule has 0 aromatic heterocycles. The minimum Gasteiger partial charge on any atom is -0.379 e. The molecule has 0 unspecified atom stereocenters. The molecule has 0 aliphatic carbocycles. The van der Waals surface area contributed by atoms with Crippen LogP contribution in [0.1, 0.15) is 31.8 Å². The van der Waals surface area contributed by atoms with Crippen molar-refractivity contribution >= 4 is 11.8 Å². The van der Waals surface area contributed by atoms with Crippen LogP contribution in [0.3, 0.4) is 0 Å². The van der Waals surface area contributed by atoms with Crippen molar-refractivity contribution in [3.05, 3.63) is 70.8 Å². The van der Waals surface area contributed by atoms with Crippen LogP contribution < -0.4 is 5.32 Å². The second-order valence-corrected chi connectivity index (χ2v) is 7.54. The van der Waals surface area contributed by atoms with Crippen LogP contribution in [-0.2, 0) is 17.7 Å². The van der Waals surface area contributed by atoms with Crippen LogP contribution >= 0.6 is 0 Å². The van der Waals surface area contributed by atoms with Crippen molar-refractivity contribution in [2.45, 2.75) is 13.0 Å². The molecule has 1 saturated heterocycles. The smallest absolute Gasteiger partial charge is 0.254 e. The maximum absolute atomic E-state index is 13.0. The maximum Gasteiger partial charge on any atom is 0.254 e. The molecule has 2 amide bonds. The maximum atomic E-state index is 13.0. The van der Waals surface area contributed by atoms with Gasteiger partial charge < -0.3 is 15.0 Å². The summed E-state index contributed by atoms with van der Waals surface area (Å²) in [5.41, 5.74) is 3.59. The first kappa shape index (κ1) is 19.6. The average molecular weight is 393 g/mol. The van der Waals surface area contributed by atoms with E-state index in [0.29, 0.717) is 30.8 Å². The van der Waals surface area contributed by atoms with Crippen molar-refractivity contribution in [1.82, 2.24) is 15.1 Å². The molecule has 4 rings (SSSR count). The third-order valence-corrected chi connectivity index (χ3v) is 5.61. The van der Waals surface area contributed by atoms with Crippen molar-refractivity contribution < 1.29 is 14.3 Å². The predicted molar refractivity (Wildman–Crippen MR) is 111 cm³/mol. The Balaban J connectivity index is 1.35. The molecule has 2 aromatic rings. The number of fused-ring (bicyclic) bond motifs is 1. The molecule has 2 heterocycles. The van der Waals surface area contributed by atoms with Crippen LogP contribution in [0.2, 0.25) is 0 Å². The molecule has 0 bridgehead atoms. The van der Waals surface area contributed by atoms with E-state index >= 15 is 0 Å². The Kier molecular flexibility index (Phi) is 6.22. The quantitative estimate of drug-likeness (QED) is 0.844. The van der Waals surface area contributed by atoms with Gasteiger partial charge in [0.15, 0.2) is 0 Å². The van der Waals surface area contributed by atoms with Gasteiger partial charge in [-0.3, -0.25) is 14.5 Å². The Hall–Kier alpha value is -2.70. The lowest BCUT2D eigenvalue weighted by atomic mass is 9.99. The first-order valence-corrected chi connectivity index (χ1v) is 10.2. The molecule has 152 valence electrons. The molecule has 2 aromatic carbocycles. The third-order valence-electron chi connectivity index (χ3n) is 5.61. The molecule has 6 heteroatoms. The number of carbonyl (C=O) groups is 2. The summed E-state index contributed by atoms with van der Waals surface area (Å²) in [5, 5.41) is 2.96. The number of hydrogen-bond donors (Lipinski definition) is 1. The van der Waals surface area contributed by atoms with Gasteiger partial charge in [0.1, 0.15) is 0 Å². The Morgan fingerprint density at radius 3 is 2.52 bits per heavy atom. The zero-order chi connectivity index (χ0) is 20.1. The third kappa shape index (κ3) is 4.83. The van der Waals surface area contributed by atoms with E-state index in [1.54, 1.807) is 24.3 Å². The van der Waals surface area contributed by atoms with Crippen LogP contribution in [0.4, 0.5) is 0 Å². The number of nitrogens with zero attached hydrogens (tertiary/aromatic N) is 2. The number of morpholine rings is 1. The first-order valence-electron chi connectivity index (χ1n) is 10.2. The van der Waals surface area contributed by atoms with Gasteiger partial charge in [-0.05, 0) is 35.7 Å². The van der Waals surface area contributed by atoms with Gasteiger partial charge in [-0.25, -0.2) is 0 Å². The Morgan fingerprint density at radius 1 is 0.931 bits per heavy atom. The highest BCUT2D eigenvalue weighted by molar-refractivity contribution is 5.99. The van der Waals surface area contributed by atoms with Crippen LogP contribution in [0.5, 0.6) is 0 Å². The van der Waals surface area contributed by atoms with E-state index in [0.717, 1.165) is 39.3 Å². The SMILES string of the molecule is O=C(NCCN1CCOCC1)c1cccc(C(=O)N2CCc3ccccc3C2)c1. The molecule has 1 fully saturated rings. The summed E-state index contributed by atoms with van der Waals surface area (Å²) in [4.78, 5) is 29.6. The van der Waals surface area contributed by atoms with Gasteiger partial charge >= 0.3 is 0 Å². The Morgan fingerprint density at radius 2 is 1.69 bits per heavy atom. The molecular weight excluding hydrogens is 366 g/mol. The second kappa shape index (κ2) is 9.20. The minimum atomic E-state index is -0.142. The lowest BCUT2D eigenvalue weighted by molar-refractivity contribution is 0.0383. The van der Waals surface area contributed by atoms with Crippen molar-refractivity contribution in [3.63, 3.8) is 0 Å². The summed E-state index contributed by atoms with van der Waals surface area (Å²) >= 11 is 0. The average Bonchev–Trinajstić information content (AvgIpc) is 2.79. The first-order chi connectivity index (χ1) is 14.2. The number of amides is 2. The summed E-state index contributed by atoms with van der Waals surface area (Å²) < 4.78 is 5.34. The van der Waals surface area contributed by atoms with Crippen LogP contribution in [0.15, 0.2) is 48.5 Å². The number of benzene rings is 2. The number of rotatable bonds is 5. The second-order valence-electron chi connectivity index (χ2n) is 7.54. The highest BCUT2D eigenvalue weighted by Crippen LogP contribution is 2.20. The molecule has 1 N–H and O–H groups in total. The van der Waals surface area contributed by atoms with Crippen molar-refractivity contribution in [2.24, 2.45) is 0 Å². The fourth-order valence-corrected chi connectivity index (χ4v) is 3.90. The molecular formula is C23H27N3O3. The molecule has 2 aliphatic heterocycles. The van der Waals surface area contributed by atoms with E-state index in [1.165, 1.54) is 11.1 Å². The molecule has 6 nitrogen and oxygen atoms in total. The fraction of sp³-hybridized carbons (Fsp3) is 0.391. The summed E-state index contributed by atoms with van der Waals surface area (Å²) in [6.07, 6.45) is 0.865. The number of carbonyl (C=O) groups excluding carboxylic acids is 2. The van der Waals surface area contributed by atoms with E-state index < -0.39 is 0 Å². The fourth-order valence-electron chi connectivity index (χ4n) is 3.90. The summed E-state index contributed by atoms with van der Waals surface area (Å²) in [6.45, 7) is 6.01. The monoisotopic (exact) mass is 393 g/mol. The van der Waals surface area contributed by atoms with Crippen LogP contribution in [0, 0.1) is 0 Å². The van der Waals surface area contributed by atoms with Crippen LogP contribution in [0.25, 0.3) is 0 Å². The summed E-state index contributed by atoms with van der Waals surface area (Å²) in [6, 6.07) is 15.3. The van der Waals surface area contributed by atoms with Gasteiger partial charge in [0.05, 0.1) is 13.2 Å². The Labute approximate surface area is 171 Å². The standard InChI is InChI=1S/C23H27N3O3/c27-22(24-9-11-25-12-14-29-15-13-25)19-6-3-7-20(16-19)23(28)26-10-8-18-4-1-2-5-21(18)17-26/h1-7,16H,8-15,17H2,(H,24,27). The molecule has 2 aliphatic rings. The molecule has 0 saturated carbocycles. The zero-order valence-corrected chi connectivity index (χ0v) is 16.6. The van der Waals surface area contributed by atoms with Gasteiger partial charge in [0.25, 0.3) is 11.8 Å². The number of hydrogen-bond acceptors (Lipinski definition) is 4. The minimum absolute atomic E-state index is 0.0255. The number of nitrogens with one attached hydrogen (secondary N) is 1. The topological polar surface area (TPSA) is 61.9 Å². The largest absolute Gasteiger partial charge is 0.379 e. The summed E-state index contributed by atoms with van der Waals surface area (Å²) in [5.74, 6) is -0.167. The zero-order valence-electron chi connectivity index (χ0n) is 16.6. The lowest BCUT2D eigenvalue weighted by Gasteiger charge is -2.29. The van der Waals surface area contributed by atoms with Gasteiger partial charge in [0, 0.05) is 50.4 Å². The van der Waals surface area contributed by atoms with E-state index in [-0.39, 0.29) is 11.8 Å². The predicted octanol–water partition coefficient (Wildman–Crippen LogP) is 1.95. The number of ether oxygens (including phenoxy) is 1. The molecule has 0 spiro atoms. The summed E-state index contributed by atoms with van der Waals surface area (Å²) in [7, 11) is 0.